The van der Waals surface area contributed by atoms with E-state index in [-0.39, 0.29) is 46.1 Å². The van der Waals surface area contributed by atoms with Gasteiger partial charge in [-0.25, -0.2) is 9.18 Å². The number of nitrogens with zero attached hydrogens (tertiary/aromatic N) is 1. The SMILES string of the molecule is Cc1c(Nc2ccc(I)cc2F)c2c(=O)n(C3CC3)c(C)c(-c3cccc(NCCO)c3)c2oc1=O. The molecule has 1 aliphatic carbocycles. The van der Waals surface area contributed by atoms with Crippen molar-refractivity contribution in [2.75, 3.05) is 23.8 Å². The molecule has 1 fully saturated rings. The van der Waals surface area contributed by atoms with Crippen molar-refractivity contribution < 1.29 is 13.9 Å². The molecule has 7 nitrogen and oxygen atoms in total. The number of hydrogen-bond donors (Lipinski definition) is 3. The quantitative estimate of drug-likeness (QED) is 0.244. The molecule has 0 spiro atoms. The van der Waals surface area contributed by atoms with E-state index in [4.69, 9.17) is 4.42 Å². The normalized spacial score (nSPS) is 13.2. The van der Waals surface area contributed by atoms with E-state index in [0.717, 1.165) is 27.7 Å². The van der Waals surface area contributed by atoms with Gasteiger partial charge in [0.15, 0.2) is 5.58 Å². The van der Waals surface area contributed by atoms with Crippen molar-refractivity contribution in [1.82, 2.24) is 4.57 Å². The van der Waals surface area contributed by atoms with E-state index < -0.39 is 11.4 Å². The van der Waals surface area contributed by atoms with Gasteiger partial charge in [-0.1, -0.05) is 12.1 Å². The highest BCUT2D eigenvalue weighted by molar-refractivity contribution is 14.1. The predicted molar refractivity (Wildman–Crippen MR) is 148 cm³/mol. The fourth-order valence-electron chi connectivity index (χ4n) is 4.54. The summed E-state index contributed by atoms with van der Waals surface area (Å²) < 4.78 is 23.0. The molecule has 0 amide bonds. The highest BCUT2D eigenvalue weighted by Gasteiger charge is 2.31. The maximum Gasteiger partial charge on any atom is 0.341 e. The molecule has 186 valence electrons. The third-order valence-corrected chi connectivity index (χ3v) is 7.10. The lowest BCUT2D eigenvalue weighted by Gasteiger charge is -2.20. The number of aromatic nitrogens is 1. The minimum absolute atomic E-state index is 0.0168. The first kappa shape index (κ1) is 24.5. The van der Waals surface area contributed by atoms with Crippen molar-refractivity contribution in [3.63, 3.8) is 0 Å². The molecule has 1 aliphatic rings. The van der Waals surface area contributed by atoms with E-state index in [1.807, 2.05) is 53.8 Å². The Balaban J connectivity index is 1.82. The molecule has 1 saturated carbocycles. The summed E-state index contributed by atoms with van der Waals surface area (Å²) in [5.41, 5.74) is 2.78. The summed E-state index contributed by atoms with van der Waals surface area (Å²) in [5, 5.41) is 15.6. The first-order valence-electron chi connectivity index (χ1n) is 11.7. The molecule has 2 aromatic carbocycles. The summed E-state index contributed by atoms with van der Waals surface area (Å²) in [6.07, 6.45) is 1.77. The monoisotopic (exact) mass is 601 g/mol. The minimum Gasteiger partial charge on any atom is -0.421 e. The van der Waals surface area contributed by atoms with E-state index in [1.54, 1.807) is 23.6 Å². The Morgan fingerprint density at radius 2 is 1.94 bits per heavy atom. The highest BCUT2D eigenvalue weighted by atomic mass is 127. The van der Waals surface area contributed by atoms with E-state index in [9.17, 15) is 19.1 Å². The number of halogens is 2. The van der Waals surface area contributed by atoms with E-state index in [2.05, 4.69) is 10.6 Å². The highest BCUT2D eigenvalue weighted by Crippen LogP contribution is 2.41. The van der Waals surface area contributed by atoms with Crippen molar-refractivity contribution in [2.24, 2.45) is 0 Å². The van der Waals surface area contributed by atoms with Gasteiger partial charge in [-0.05, 0) is 85.2 Å². The Bertz CT molecular complexity index is 1610. The number of hydrogen-bond acceptors (Lipinski definition) is 6. The van der Waals surface area contributed by atoms with Crippen LogP contribution in [-0.4, -0.2) is 22.8 Å². The van der Waals surface area contributed by atoms with E-state index in [0.29, 0.717) is 17.8 Å². The molecule has 5 rings (SSSR count). The number of anilines is 3. The molecule has 2 aromatic heterocycles. The summed E-state index contributed by atoms with van der Waals surface area (Å²) in [6.45, 7) is 3.79. The van der Waals surface area contributed by atoms with Crippen LogP contribution >= 0.6 is 22.6 Å². The summed E-state index contributed by atoms with van der Waals surface area (Å²) in [5.74, 6) is -0.486. The van der Waals surface area contributed by atoms with Gasteiger partial charge in [0.05, 0.1) is 23.5 Å². The molecule has 0 saturated heterocycles. The number of benzene rings is 2. The Morgan fingerprint density at radius 3 is 2.64 bits per heavy atom. The van der Waals surface area contributed by atoms with Gasteiger partial charge in [-0.2, -0.15) is 0 Å². The van der Waals surface area contributed by atoms with Crippen LogP contribution in [0.25, 0.3) is 22.1 Å². The molecule has 0 bridgehead atoms. The smallest absolute Gasteiger partial charge is 0.341 e. The zero-order chi connectivity index (χ0) is 25.6. The van der Waals surface area contributed by atoms with Crippen LogP contribution in [0, 0.1) is 23.2 Å². The molecule has 0 radical (unpaired) electrons. The van der Waals surface area contributed by atoms with Crippen LogP contribution in [0.1, 0.15) is 30.1 Å². The first-order chi connectivity index (χ1) is 17.3. The second kappa shape index (κ2) is 9.70. The lowest BCUT2D eigenvalue weighted by Crippen LogP contribution is -2.25. The fraction of sp³-hybridized carbons (Fsp3) is 0.259. The molecule has 2 heterocycles. The van der Waals surface area contributed by atoms with Crippen molar-refractivity contribution in [3.05, 3.63) is 83.9 Å². The molecular weight excluding hydrogens is 576 g/mol. The molecular formula is C27H25FIN3O4. The Kier molecular flexibility index (Phi) is 6.60. The number of nitrogens with one attached hydrogen (secondary N) is 2. The van der Waals surface area contributed by atoms with Gasteiger partial charge in [0.25, 0.3) is 5.56 Å². The van der Waals surface area contributed by atoms with Gasteiger partial charge in [0.2, 0.25) is 0 Å². The van der Waals surface area contributed by atoms with Gasteiger partial charge in [-0.3, -0.25) is 4.79 Å². The summed E-state index contributed by atoms with van der Waals surface area (Å²) in [4.78, 5) is 26.8. The standard InChI is InChI=1S/C27H25FIN3O4/c1-14-24(31-21-9-6-17(29)13-20(21)28)23-25(36-27(14)35)22(15(2)32(26(23)34)19-7-8-19)16-4-3-5-18(12-16)30-10-11-33/h3-6,9,12-13,19,30-31,33H,7-8,10-11H2,1-2H3. The van der Waals surface area contributed by atoms with Crippen LogP contribution in [0.3, 0.4) is 0 Å². The Hall–Kier alpha value is -3.18. The van der Waals surface area contributed by atoms with Gasteiger partial charge < -0.3 is 24.7 Å². The second-order valence-electron chi connectivity index (χ2n) is 8.94. The van der Waals surface area contributed by atoms with Crippen molar-refractivity contribution in [2.45, 2.75) is 32.7 Å². The van der Waals surface area contributed by atoms with E-state index >= 15 is 0 Å². The van der Waals surface area contributed by atoms with Crippen LogP contribution in [-0.2, 0) is 0 Å². The van der Waals surface area contributed by atoms with E-state index in [1.165, 1.54) is 6.07 Å². The molecule has 0 aliphatic heterocycles. The maximum absolute atomic E-state index is 14.8. The first-order valence-corrected chi connectivity index (χ1v) is 12.8. The van der Waals surface area contributed by atoms with Crippen LogP contribution in [0.15, 0.2) is 56.5 Å². The second-order valence-corrected chi connectivity index (χ2v) is 10.2. The summed E-state index contributed by atoms with van der Waals surface area (Å²) >= 11 is 2.02. The maximum atomic E-state index is 14.8. The molecule has 36 heavy (non-hydrogen) atoms. The zero-order valence-electron chi connectivity index (χ0n) is 19.8. The molecule has 4 aromatic rings. The molecule has 0 unspecified atom stereocenters. The van der Waals surface area contributed by atoms with Crippen LogP contribution in [0.5, 0.6) is 0 Å². The predicted octanol–water partition coefficient (Wildman–Crippen LogP) is 5.46. The van der Waals surface area contributed by atoms with Gasteiger partial charge >= 0.3 is 5.63 Å². The third kappa shape index (κ3) is 4.41. The van der Waals surface area contributed by atoms with Crippen LogP contribution in [0.2, 0.25) is 0 Å². The Labute approximate surface area is 220 Å². The van der Waals surface area contributed by atoms with Crippen LogP contribution in [0.4, 0.5) is 21.5 Å². The van der Waals surface area contributed by atoms with Crippen molar-refractivity contribution in [3.8, 4) is 11.1 Å². The number of aliphatic hydroxyl groups excluding tert-OH is 1. The summed E-state index contributed by atoms with van der Waals surface area (Å²) in [7, 11) is 0. The average Bonchev–Trinajstić information content (AvgIpc) is 3.67. The van der Waals surface area contributed by atoms with Crippen LogP contribution < -0.4 is 21.8 Å². The summed E-state index contributed by atoms with van der Waals surface area (Å²) in [6, 6.07) is 12.3. The number of rotatable bonds is 7. The molecule has 0 atom stereocenters. The zero-order valence-corrected chi connectivity index (χ0v) is 22.0. The van der Waals surface area contributed by atoms with Gasteiger partial charge in [-0.15, -0.1) is 0 Å². The number of pyridine rings is 1. The molecule has 3 N–H and O–H groups in total. The van der Waals surface area contributed by atoms with Crippen molar-refractivity contribution in [1.29, 1.82) is 0 Å². The topological polar surface area (TPSA) is 96.5 Å². The lowest BCUT2D eigenvalue weighted by atomic mass is 9.99. The van der Waals surface area contributed by atoms with Crippen molar-refractivity contribution >= 4 is 50.6 Å². The third-order valence-electron chi connectivity index (χ3n) is 6.43. The number of fused-ring (bicyclic) bond motifs is 1. The largest absolute Gasteiger partial charge is 0.421 e. The average molecular weight is 601 g/mol. The number of aliphatic hydroxyl groups is 1. The van der Waals surface area contributed by atoms with Gasteiger partial charge in [0, 0.05) is 33.1 Å². The van der Waals surface area contributed by atoms with Gasteiger partial charge in [0.1, 0.15) is 11.2 Å². The lowest BCUT2D eigenvalue weighted by molar-refractivity contribution is 0.311. The molecule has 9 heteroatoms. The Morgan fingerprint density at radius 1 is 1.17 bits per heavy atom. The minimum atomic E-state index is -0.602. The fourth-order valence-corrected chi connectivity index (χ4v) is 4.99.